The van der Waals surface area contributed by atoms with Crippen LogP contribution in [0.25, 0.3) is 0 Å². The number of amides is 1. The number of nitrogens with one attached hydrogen (secondary N) is 1. The molecule has 3 rings (SSSR count). The van der Waals surface area contributed by atoms with Crippen LogP contribution in [0, 0.1) is 0 Å². The lowest BCUT2D eigenvalue weighted by molar-refractivity contribution is 0.0946. The Bertz CT molecular complexity index is 801. The van der Waals surface area contributed by atoms with Gasteiger partial charge in [0.15, 0.2) is 0 Å². The van der Waals surface area contributed by atoms with Crippen LogP contribution in [-0.4, -0.2) is 19.1 Å². The molecule has 3 aromatic rings. The summed E-state index contributed by atoms with van der Waals surface area (Å²) in [7, 11) is 0. The zero-order chi connectivity index (χ0) is 17.3. The fourth-order valence-corrected chi connectivity index (χ4v) is 2.66. The van der Waals surface area contributed by atoms with E-state index in [4.69, 9.17) is 4.74 Å². The molecular formula is C22H21NO2. The van der Waals surface area contributed by atoms with Gasteiger partial charge < -0.3 is 10.1 Å². The minimum Gasteiger partial charge on any atom is -0.492 e. The summed E-state index contributed by atoms with van der Waals surface area (Å²) in [5.74, 6) is 0.740. The van der Waals surface area contributed by atoms with Crippen molar-refractivity contribution >= 4 is 5.91 Å². The Balaban J connectivity index is 1.57. The van der Waals surface area contributed by atoms with Gasteiger partial charge in [-0.2, -0.15) is 0 Å². The van der Waals surface area contributed by atoms with Crippen molar-refractivity contribution in [1.82, 2.24) is 5.32 Å². The van der Waals surface area contributed by atoms with Crippen molar-refractivity contribution in [3.05, 3.63) is 102 Å². The molecule has 0 radical (unpaired) electrons. The molecule has 3 nitrogen and oxygen atoms in total. The smallest absolute Gasteiger partial charge is 0.251 e. The SMILES string of the molecule is O=C(NCCOc1ccccc1)c1ccccc1Cc1ccccc1. The maximum Gasteiger partial charge on any atom is 0.251 e. The summed E-state index contributed by atoms with van der Waals surface area (Å²) in [6, 6.07) is 27.5. The number of hydrogen-bond donors (Lipinski definition) is 1. The molecule has 3 heteroatoms. The number of para-hydroxylation sites is 1. The van der Waals surface area contributed by atoms with E-state index in [1.807, 2.05) is 72.8 Å². The zero-order valence-electron chi connectivity index (χ0n) is 14.0. The average molecular weight is 331 g/mol. The van der Waals surface area contributed by atoms with Crippen LogP contribution in [-0.2, 0) is 6.42 Å². The van der Waals surface area contributed by atoms with E-state index in [-0.39, 0.29) is 5.91 Å². The molecule has 3 aromatic carbocycles. The largest absolute Gasteiger partial charge is 0.492 e. The van der Waals surface area contributed by atoms with Crippen LogP contribution in [0.5, 0.6) is 5.75 Å². The monoisotopic (exact) mass is 331 g/mol. The summed E-state index contributed by atoms with van der Waals surface area (Å²) < 4.78 is 5.60. The normalized spacial score (nSPS) is 10.2. The van der Waals surface area contributed by atoms with E-state index in [1.54, 1.807) is 0 Å². The quantitative estimate of drug-likeness (QED) is 0.662. The van der Waals surface area contributed by atoms with E-state index in [0.717, 1.165) is 17.7 Å². The first-order chi connectivity index (χ1) is 12.3. The van der Waals surface area contributed by atoms with Gasteiger partial charge >= 0.3 is 0 Å². The Kier molecular flexibility index (Phi) is 5.83. The molecule has 0 bridgehead atoms. The lowest BCUT2D eigenvalue weighted by Gasteiger charge is -2.11. The van der Waals surface area contributed by atoms with Gasteiger partial charge in [-0.25, -0.2) is 0 Å². The minimum atomic E-state index is -0.0665. The van der Waals surface area contributed by atoms with Crippen molar-refractivity contribution in [2.24, 2.45) is 0 Å². The lowest BCUT2D eigenvalue weighted by Crippen LogP contribution is -2.28. The molecule has 25 heavy (non-hydrogen) atoms. The number of carbonyl (C=O) groups excluding carboxylic acids is 1. The highest BCUT2D eigenvalue weighted by Crippen LogP contribution is 2.14. The average Bonchev–Trinajstić information content (AvgIpc) is 2.67. The summed E-state index contributed by atoms with van der Waals surface area (Å²) in [5, 5.41) is 2.93. The number of carbonyl (C=O) groups is 1. The Morgan fingerprint density at radius 3 is 2.20 bits per heavy atom. The Hall–Kier alpha value is -3.07. The summed E-state index contributed by atoms with van der Waals surface area (Å²) in [5.41, 5.74) is 2.93. The van der Waals surface area contributed by atoms with Crippen LogP contribution in [0.15, 0.2) is 84.9 Å². The molecule has 1 N–H and O–H groups in total. The van der Waals surface area contributed by atoms with E-state index in [0.29, 0.717) is 18.7 Å². The van der Waals surface area contributed by atoms with Crippen LogP contribution >= 0.6 is 0 Å². The summed E-state index contributed by atoms with van der Waals surface area (Å²) in [6.45, 7) is 0.907. The second kappa shape index (κ2) is 8.69. The van der Waals surface area contributed by atoms with Gasteiger partial charge in [0.05, 0.1) is 6.54 Å². The van der Waals surface area contributed by atoms with Gasteiger partial charge in [-0.15, -0.1) is 0 Å². The molecule has 0 spiro atoms. The van der Waals surface area contributed by atoms with E-state index in [9.17, 15) is 4.79 Å². The molecule has 0 aliphatic carbocycles. The lowest BCUT2D eigenvalue weighted by atomic mass is 9.99. The van der Waals surface area contributed by atoms with Crippen molar-refractivity contribution in [1.29, 1.82) is 0 Å². The third-order valence-electron chi connectivity index (χ3n) is 3.90. The van der Waals surface area contributed by atoms with E-state index >= 15 is 0 Å². The van der Waals surface area contributed by atoms with Crippen LogP contribution in [0.3, 0.4) is 0 Å². The predicted molar refractivity (Wildman–Crippen MR) is 100.0 cm³/mol. The fraction of sp³-hybridized carbons (Fsp3) is 0.136. The molecule has 0 aliphatic rings. The van der Waals surface area contributed by atoms with Crippen molar-refractivity contribution < 1.29 is 9.53 Å². The summed E-state index contributed by atoms with van der Waals surface area (Å²) in [4.78, 5) is 12.5. The Morgan fingerprint density at radius 2 is 1.44 bits per heavy atom. The van der Waals surface area contributed by atoms with Gasteiger partial charge in [-0.3, -0.25) is 4.79 Å². The third kappa shape index (κ3) is 4.95. The van der Waals surface area contributed by atoms with Crippen LogP contribution < -0.4 is 10.1 Å². The second-order valence-electron chi connectivity index (χ2n) is 5.74. The number of benzene rings is 3. The molecule has 0 heterocycles. The first kappa shape index (κ1) is 16.8. The summed E-state index contributed by atoms with van der Waals surface area (Å²) >= 11 is 0. The molecule has 0 saturated heterocycles. The minimum absolute atomic E-state index is 0.0665. The maximum absolute atomic E-state index is 12.5. The van der Waals surface area contributed by atoms with Crippen molar-refractivity contribution in [3.8, 4) is 5.75 Å². The maximum atomic E-state index is 12.5. The molecule has 1 amide bonds. The fourth-order valence-electron chi connectivity index (χ4n) is 2.66. The topological polar surface area (TPSA) is 38.3 Å². The van der Waals surface area contributed by atoms with E-state index < -0.39 is 0 Å². The van der Waals surface area contributed by atoms with E-state index in [2.05, 4.69) is 17.4 Å². The van der Waals surface area contributed by atoms with Gasteiger partial charge in [0.1, 0.15) is 12.4 Å². The zero-order valence-corrected chi connectivity index (χ0v) is 14.0. The van der Waals surface area contributed by atoms with Crippen LogP contribution in [0.2, 0.25) is 0 Å². The standard InChI is InChI=1S/C22H21NO2/c24-22(23-15-16-25-20-12-5-2-6-13-20)21-14-8-7-11-19(21)17-18-9-3-1-4-10-18/h1-14H,15-17H2,(H,23,24). The number of hydrogen-bond acceptors (Lipinski definition) is 2. The first-order valence-corrected chi connectivity index (χ1v) is 8.41. The van der Waals surface area contributed by atoms with E-state index in [1.165, 1.54) is 5.56 Å². The molecule has 0 aromatic heterocycles. The van der Waals surface area contributed by atoms with Crippen molar-refractivity contribution in [2.75, 3.05) is 13.2 Å². The molecule has 0 saturated carbocycles. The Labute approximate surface area is 148 Å². The highest BCUT2D eigenvalue weighted by atomic mass is 16.5. The third-order valence-corrected chi connectivity index (χ3v) is 3.90. The molecule has 0 aliphatic heterocycles. The summed E-state index contributed by atoms with van der Waals surface area (Å²) in [6.07, 6.45) is 0.741. The van der Waals surface area contributed by atoms with Crippen molar-refractivity contribution in [2.45, 2.75) is 6.42 Å². The van der Waals surface area contributed by atoms with Crippen LogP contribution in [0.1, 0.15) is 21.5 Å². The number of rotatable bonds is 7. The Morgan fingerprint density at radius 1 is 0.800 bits per heavy atom. The van der Waals surface area contributed by atoms with Gasteiger partial charge in [-0.1, -0.05) is 66.7 Å². The molecule has 0 unspecified atom stereocenters. The first-order valence-electron chi connectivity index (χ1n) is 8.41. The van der Waals surface area contributed by atoms with Gasteiger partial charge in [0, 0.05) is 5.56 Å². The predicted octanol–water partition coefficient (Wildman–Crippen LogP) is 4.09. The molecule has 0 fully saturated rings. The van der Waals surface area contributed by atoms with Gasteiger partial charge in [-0.05, 0) is 35.7 Å². The van der Waals surface area contributed by atoms with Crippen molar-refractivity contribution in [3.63, 3.8) is 0 Å². The van der Waals surface area contributed by atoms with Gasteiger partial charge in [0.2, 0.25) is 0 Å². The van der Waals surface area contributed by atoms with Gasteiger partial charge in [0.25, 0.3) is 5.91 Å². The van der Waals surface area contributed by atoms with Crippen LogP contribution in [0.4, 0.5) is 0 Å². The highest BCUT2D eigenvalue weighted by Gasteiger charge is 2.10. The highest BCUT2D eigenvalue weighted by molar-refractivity contribution is 5.95. The molecular weight excluding hydrogens is 310 g/mol. The number of ether oxygens (including phenoxy) is 1. The second-order valence-corrected chi connectivity index (χ2v) is 5.74. The molecule has 126 valence electrons. The molecule has 0 atom stereocenters.